The molecule has 5 N–H and O–H groups in total. The first-order chi connectivity index (χ1) is 8.61. The summed E-state index contributed by atoms with van der Waals surface area (Å²) >= 11 is 0. The summed E-state index contributed by atoms with van der Waals surface area (Å²) in [6.45, 7) is 0.511. The fourth-order valence-corrected chi connectivity index (χ4v) is 1.31. The molecular weight excluding hydrogens is 236 g/mol. The van der Waals surface area contributed by atoms with Crippen LogP contribution in [0.25, 0.3) is 0 Å². The van der Waals surface area contributed by atoms with Crippen LogP contribution in [0.2, 0.25) is 0 Å². The maximum Gasteiger partial charge on any atom is 0.255 e. The second-order valence-corrected chi connectivity index (χ2v) is 3.87. The zero-order valence-corrected chi connectivity index (χ0v) is 10.0. The monoisotopic (exact) mass is 254 g/mol. The van der Waals surface area contributed by atoms with Crippen molar-refractivity contribution in [3.8, 4) is 5.75 Å². The van der Waals surface area contributed by atoms with Gasteiger partial charge in [-0.25, -0.2) is 0 Å². The van der Waals surface area contributed by atoms with Crippen molar-refractivity contribution in [1.29, 1.82) is 0 Å². The first-order valence-corrected chi connectivity index (χ1v) is 5.61. The van der Waals surface area contributed by atoms with Crippen LogP contribution < -0.4 is 15.8 Å². The van der Waals surface area contributed by atoms with Gasteiger partial charge in [0, 0.05) is 13.1 Å². The number of nitrogens with two attached hydrogens (primary N) is 1. The van der Waals surface area contributed by atoms with Gasteiger partial charge in [-0.2, -0.15) is 0 Å². The maximum atomic E-state index is 10.5. The minimum Gasteiger partial charge on any atom is -0.484 e. The van der Waals surface area contributed by atoms with E-state index < -0.39 is 12.0 Å². The molecule has 1 atom stereocenters. The second-order valence-electron chi connectivity index (χ2n) is 3.87. The number of primary amides is 1. The van der Waals surface area contributed by atoms with E-state index in [-0.39, 0.29) is 13.2 Å². The van der Waals surface area contributed by atoms with Crippen LogP contribution in [0.4, 0.5) is 0 Å². The maximum absolute atomic E-state index is 10.5. The Hall–Kier alpha value is -1.63. The number of rotatable bonds is 8. The van der Waals surface area contributed by atoms with E-state index in [1.807, 2.05) is 12.1 Å². The van der Waals surface area contributed by atoms with Crippen molar-refractivity contribution >= 4 is 5.91 Å². The van der Waals surface area contributed by atoms with Crippen LogP contribution in [0.3, 0.4) is 0 Å². The van der Waals surface area contributed by atoms with E-state index in [1.54, 1.807) is 12.1 Å². The molecule has 0 saturated heterocycles. The van der Waals surface area contributed by atoms with Gasteiger partial charge < -0.3 is 26.0 Å². The molecule has 6 nitrogen and oxygen atoms in total. The highest BCUT2D eigenvalue weighted by molar-refractivity contribution is 5.75. The number of aliphatic hydroxyl groups is 2. The van der Waals surface area contributed by atoms with Gasteiger partial charge in [0.15, 0.2) is 6.61 Å². The summed E-state index contributed by atoms with van der Waals surface area (Å²) in [5.74, 6) is 0.0617. The molecule has 0 aromatic heterocycles. The molecule has 0 bridgehead atoms. The van der Waals surface area contributed by atoms with E-state index in [1.165, 1.54) is 0 Å². The van der Waals surface area contributed by atoms with E-state index >= 15 is 0 Å². The minimum absolute atomic E-state index is 0.139. The van der Waals surface area contributed by atoms with Crippen LogP contribution in [0.1, 0.15) is 5.56 Å². The Bertz CT molecular complexity index is 367. The number of hydrogen-bond donors (Lipinski definition) is 4. The van der Waals surface area contributed by atoms with Gasteiger partial charge in [-0.1, -0.05) is 12.1 Å². The Morgan fingerprint density at radius 3 is 2.61 bits per heavy atom. The summed E-state index contributed by atoms with van der Waals surface area (Å²) in [6, 6.07) is 7.16. The molecule has 0 heterocycles. The smallest absolute Gasteiger partial charge is 0.255 e. The van der Waals surface area contributed by atoms with Crippen LogP contribution in [-0.4, -0.2) is 42.0 Å². The van der Waals surface area contributed by atoms with Crippen molar-refractivity contribution in [3.63, 3.8) is 0 Å². The number of carbonyl (C=O) groups excluding carboxylic acids is 1. The highest BCUT2D eigenvalue weighted by atomic mass is 16.5. The Balaban J connectivity index is 2.33. The molecule has 0 saturated carbocycles. The summed E-state index contributed by atoms with van der Waals surface area (Å²) < 4.78 is 5.11. The van der Waals surface area contributed by atoms with Crippen molar-refractivity contribution in [2.45, 2.75) is 12.6 Å². The summed E-state index contributed by atoms with van der Waals surface area (Å²) in [5, 5.41) is 20.8. The minimum atomic E-state index is -0.747. The Morgan fingerprint density at radius 2 is 2.06 bits per heavy atom. The number of hydrogen-bond acceptors (Lipinski definition) is 5. The summed E-state index contributed by atoms with van der Waals surface area (Å²) in [7, 11) is 0. The highest BCUT2D eigenvalue weighted by Gasteiger charge is 2.01. The standard InChI is InChI=1S/C12H18N2O4/c13-12(17)8-18-11-3-1-9(2-4-11)5-14-6-10(16)7-15/h1-4,10,14-16H,5-8H2,(H2,13,17). The van der Waals surface area contributed by atoms with Crippen LogP contribution in [0, 0.1) is 0 Å². The van der Waals surface area contributed by atoms with Crippen LogP contribution in [-0.2, 0) is 11.3 Å². The van der Waals surface area contributed by atoms with Crippen molar-refractivity contribution < 1.29 is 19.7 Å². The van der Waals surface area contributed by atoms with E-state index in [9.17, 15) is 4.79 Å². The number of benzene rings is 1. The van der Waals surface area contributed by atoms with Gasteiger partial charge in [-0.15, -0.1) is 0 Å². The molecule has 1 unspecified atom stereocenters. The molecule has 6 heteroatoms. The summed E-state index contributed by atoms with van der Waals surface area (Å²) in [4.78, 5) is 10.5. The molecule has 0 aliphatic carbocycles. The normalized spacial score (nSPS) is 12.1. The average Bonchev–Trinajstić information content (AvgIpc) is 2.37. The van der Waals surface area contributed by atoms with E-state index in [0.717, 1.165) is 5.56 Å². The van der Waals surface area contributed by atoms with Gasteiger partial charge in [0.2, 0.25) is 0 Å². The molecule has 1 aromatic rings. The number of aliphatic hydroxyl groups excluding tert-OH is 2. The average molecular weight is 254 g/mol. The predicted octanol–water partition coefficient (Wildman–Crippen LogP) is -1.01. The number of amides is 1. The van der Waals surface area contributed by atoms with Crippen molar-refractivity contribution in [2.24, 2.45) is 5.73 Å². The Kier molecular flexibility index (Phi) is 6.13. The lowest BCUT2D eigenvalue weighted by Crippen LogP contribution is -2.28. The number of nitrogens with one attached hydrogen (secondary N) is 1. The van der Waals surface area contributed by atoms with Crippen molar-refractivity contribution in [2.75, 3.05) is 19.8 Å². The summed E-state index contributed by atoms with van der Waals surface area (Å²) in [5.41, 5.74) is 5.97. The first kappa shape index (κ1) is 14.4. The van der Waals surface area contributed by atoms with Crippen molar-refractivity contribution in [3.05, 3.63) is 29.8 Å². The molecule has 0 aliphatic rings. The lowest BCUT2D eigenvalue weighted by molar-refractivity contribution is -0.119. The third kappa shape index (κ3) is 5.62. The third-order valence-corrected chi connectivity index (χ3v) is 2.22. The Morgan fingerprint density at radius 1 is 1.39 bits per heavy atom. The van der Waals surface area contributed by atoms with Gasteiger partial charge in [0.05, 0.1) is 12.7 Å². The third-order valence-electron chi connectivity index (χ3n) is 2.22. The van der Waals surface area contributed by atoms with Gasteiger partial charge in [-0.3, -0.25) is 4.79 Å². The Labute approximate surface area is 105 Å². The quantitative estimate of drug-likeness (QED) is 0.476. The molecule has 0 radical (unpaired) electrons. The molecule has 0 fully saturated rings. The van der Waals surface area contributed by atoms with E-state index in [2.05, 4.69) is 5.32 Å². The lowest BCUT2D eigenvalue weighted by Gasteiger charge is -2.09. The van der Waals surface area contributed by atoms with Gasteiger partial charge in [-0.05, 0) is 17.7 Å². The number of carbonyl (C=O) groups is 1. The molecule has 0 aliphatic heterocycles. The number of ether oxygens (including phenoxy) is 1. The molecule has 100 valence electrons. The van der Waals surface area contributed by atoms with Gasteiger partial charge in [0.1, 0.15) is 5.75 Å². The zero-order chi connectivity index (χ0) is 13.4. The van der Waals surface area contributed by atoms with Gasteiger partial charge >= 0.3 is 0 Å². The molecular formula is C12H18N2O4. The van der Waals surface area contributed by atoms with Gasteiger partial charge in [0.25, 0.3) is 5.91 Å². The fraction of sp³-hybridized carbons (Fsp3) is 0.417. The fourth-order valence-electron chi connectivity index (χ4n) is 1.31. The van der Waals surface area contributed by atoms with E-state index in [0.29, 0.717) is 18.8 Å². The SMILES string of the molecule is NC(=O)COc1ccc(CNCC(O)CO)cc1. The summed E-state index contributed by atoms with van der Waals surface area (Å²) in [6.07, 6.45) is -0.747. The molecule has 1 rings (SSSR count). The van der Waals surface area contributed by atoms with Crippen LogP contribution >= 0.6 is 0 Å². The molecule has 1 aromatic carbocycles. The van der Waals surface area contributed by atoms with E-state index in [4.69, 9.17) is 20.7 Å². The highest BCUT2D eigenvalue weighted by Crippen LogP contribution is 2.11. The molecule has 1 amide bonds. The molecule has 18 heavy (non-hydrogen) atoms. The second kappa shape index (κ2) is 7.65. The van der Waals surface area contributed by atoms with Crippen LogP contribution in [0.5, 0.6) is 5.75 Å². The molecule has 0 spiro atoms. The van der Waals surface area contributed by atoms with Crippen molar-refractivity contribution in [1.82, 2.24) is 5.32 Å². The largest absolute Gasteiger partial charge is 0.484 e. The van der Waals surface area contributed by atoms with Crippen LogP contribution in [0.15, 0.2) is 24.3 Å². The lowest BCUT2D eigenvalue weighted by atomic mass is 10.2. The topological polar surface area (TPSA) is 105 Å². The first-order valence-electron chi connectivity index (χ1n) is 5.61. The predicted molar refractivity (Wildman–Crippen MR) is 65.9 cm³/mol. The zero-order valence-electron chi connectivity index (χ0n) is 10.0.